The number of aryl methyl sites for hydroxylation is 1. The third kappa shape index (κ3) is 3.95. The molecule has 0 aliphatic heterocycles. The van der Waals surface area contributed by atoms with E-state index in [1.54, 1.807) is 7.11 Å². The summed E-state index contributed by atoms with van der Waals surface area (Å²) in [5.74, 6) is 0.941. The largest absolute Gasteiger partial charge is 0.497 e. The topological polar surface area (TPSA) is 41.5 Å². The zero-order chi connectivity index (χ0) is 13.8. The maximum atomic E-state index is 9.42. The van der Waals surface area contributed by atoms with E-state index in [1.165, 1.54) is 17.5 Å². The van der Waals surface area contributed by atoms with Gasteiger partial charge in [0.05, 0.1) is 13.2 Å². The second-order valence-electron chi connectivity index (χ2n) is 5.73. The summed E-state index contributed by atoms with van der Waals surface area (Å²) in [5.41, 5.74) is 2.84. The van der Waals surface area contributed by atoms with E-state index in [-0.39, 0.29) is 6.10 Å². The van der Waals surface area contributed by atoms with Crippen LogP contribution in [0.5, 0.6) is 5.75 Å². The van der Waals surface area contributed by atoms with Gasteiger partial charge in [0.25, 0.3) is 0 Å². The smallest absolute Gasteiger partial charge is 0.119 e. The number of rotatable bonds is 5. The number of hydrogen-bond acceptors (Lipinski definition) is 3. The molecule has 0 bridgehead atoms. The SMILES string of the molecule is COc1ccc2c(c1)CC(NC(C)CC(C)O)CC2. The second-order valence-corrected chi connectivity index (χ2v) is 5.73. The van der Waals surface area contributed by atoms with Crippen molar-refractivity contribution >= 4 is 0 Å². The second kappa shape index (κ2) is 6.40. The maximum Gasteiger partial charge on any atom is 0.119 e. The van der Waals surface area contributed by atoms with Crippen molar-refractivity contribution in [2.24, 2.45) is 0 Å². The molecule has 106 valence electrons. The minimum Gasteiger partial charge on any atom is -0.497 e. The van der Waals surface area contributed by atoms with E-state index in [1.807, 2.05) is 13.0 Å². The van der Waals surface area contributed by atoms with Crippen molar-refractivity contribution in [3.63, 3.8) is 0 Å². The molecule has 3 heteroatoms. The molecule has 0 radical (unpaired) electrons. The Balaban J connectivity index is 1.97. The number of hydrogen-bond donors (Lipinski definition) is 2. The number of methoxy groups -OCH3 is 1. The van der Waals surface area contributed by atoms with Crippen LogP contribution in [-0.2, 0) is 12.8 Å². The molecule has 0 fully saturated rings. The zero-order valence-electron chi connectivity index (χ0n) is 12.1. The molecule has 0 amide bonds. The van der Waals surface area contributed by atoms with Crippen LogP contribution in [0.2, 0.25) is 0 Å². The first-order valence-corrected chi connectivity index (χ1v) is 7.18. The van der Waals surface area contributed by atoms with Gasteiger partial charge in [0.2, 0.25) is 0 Å². The van der Waals surface area contributed by atoms with Crippen LogP contribution in [0.3, 0.4) is 0 Å². The number of aliphatic hydroxyl groups is 1. The summed E-state index contributed by atoms with van der Waals surface area (Å²) in [6.45, 7) is 3.99. The molecular weight excluding hydrogens is 238 g/mol. The summed E-state index contributed by atoms with van der Waals surface area (Å²) in [7, 11) is 1.71. The summed E-state index contributed by atoms with van der Waals surface area (Å²) in [5, 5.41) is 13.0. The highest BCUT2D eigenvalue weighted by Crippen LogP contribution is 2.25. The van der Waals surface area contributed by atoms with Crippen molar-refractivity contribution in [1.29, 1.82) is 0 Å². The monoisotopic (exact) mass is 263 g/mol. The highest BCUT2D eigenvalue weighted by atomic mass is 16.5. The Morgan fingerprint density at radius 2 is 2.16 bits per heavy atom. The number of nitrogens with one attached hydrogen (secondary N) is 1. The van der Waals surface area contributed by atoms with Gasteiger partial charge in [-0.3, -0.25) is 0 Å². The van der Waals surface area contributed by atoms with E-state index in [0.717, 1.165) is 25.0 Å². The fourth-order valence-corrected chi connectivity index (χ4v) is 2.98. The summed E-state index contributed by atoms with van der Waals surface area (Å²) in [6, 6.07) is 7.25. The Labute approximate surface area is 116 Å². The molecule has 19 heavy (non-hydrogen) atoms. The van der Waals surface area contributed by atoms with E-state index < -0.39 is 0 Å². The molecule has 0 spiro atoms. The lowest BCUT2D eigenvalue weighted by Gasteiger charge is -2.29. The minimum atomic E-state index is -0.238. The molecule has 0 heterocycles. The van der Waals surface area contributed by atoms with Crippen molar-refractivity contribution in [3.8, 4) is 5.75 Å². The van der Waals surface area contributed by atoms with Gasteiger partial charge in [0, 0.05) is 12.1 Å². The Bertz CT molecular complexity index is 417. The first kappa shape index (κ1) is 14.4. The molecule has 3 unspecified atom stereocenters. The van der Waals surface area contributed by atoms with Gasteiger partial charge in [0.15, 0.2) is 0 Å². The van der Waals surface area contributed by atoms with Crippen LogP contribution in [0.1, 0.15) is 37.8 Å². The normalized spacial score (nSPS) is 21.6. The van der Waals surface area contributed by atoms with Gasteiger partial charge in [-0.15, -0.1) is 0 Å². The Hall–Kier alpha value is -1.06. The number of fused-ring (bicyclic) bond motifs is 1. The predicted molar refractivity (Wildman–Crippen MR) is 77.7 cm³/mol. The van der Waals surface area contributed by atoms with Crippen molar-refractivity contribution in [1.82, 2.24) is 5.32 Å². The van der Waals surface area contributed by atoms with Crippen LogP contribution in [-0.4, -0.2) is 30.4 Å². The lowest BCUT2D eigenvalue weighted by molar-refractivity contribution is 0.167. The predicted octanol–water partition coefficient (Wildman–Crippen LogP) is 2.30. The van der Waals surface area contributed by atoms with Crippen LogP contribution < -0.4 is 10.1 Å². The lowest BCUT2D eigenvalue weighted by atomic mass is 9.87. The van der Waals surface area contributed by atoms with E-state index in [9.17, 15) is 5.11 Å². The Kier molecular flexibility index (Phi) is 4.83. The van der Waals surface area contributed by atoms with Crippen LogP contribution in [0, 0.1) is 0 Å². The number of ether oxygens (including phenoxy) is 1. The number of benzene rings is 1. The first-order valence-electron chi connectivity index (χ1n) is 7.18. The third-order valence-corrected chi connectivity index (χ3v) is 3.86. The molecule has 3 nitrogen and oxygen atoms in total. The van der Waals surface area contributed by atoms with E-state index >= 15 is 0 Å². The van der Waals surface area contributed by atoms with Crippen molar-refractivity contribution < 1.29 is 9.84 Å². The fourth-order valence-electron chi connectivity index (χ4n) is 2.98. The van der Waals surface area contributed by atoms with E-state index in [0.29, 0.717) is 12.1 Å². The molecule has 0 saturated carbocycles. The Morgan fingerprint density at radius 1 is 1.37 bits per heavy atom. The van der Waals surface area contributed by atoms with Crippen LogP contribution in [0.15, 0.2) is 18.2 Å². The summed E-state index contributed by atoms with van der Waals surface area (Å²) in [4.78, 5) is 0. The highest BCUT2D eigenvalue weighted by Gasteiger charge is 2.20. The molecule has 3 atom stereocenters. The molecule has 1 aliphatic carbocycles. The molecule has 2 rings (SSSR count). The Morgan fingerprint density at radius 3 is 2.84 bits per heavy atom. The standard InChI is InChI=1S/C16H25NO2/c1-11(8-12(2)18)17-15-6-4-13-5-7-16(19-3)10-14(13)9-15/h5,7,10-12,15,17-18H,4,6,8-9H2,1-3H3. The molecule has 1 aromatic rings. The minimum absolute atomic E-state index is 0.238. The van der Waals surface area contributed by atoms with Crippen molar-refractivity contribution in [2.75, 3.05) is 7.11 Å². The van der Waals surface area contributed by atoms with Crippen LogP contribution in [0.4, 0.5) is 0 Å². The lowest BCUT2D eigenvalue weighted by Crippen LogP contribution is -2.41. The van der Waals surface area contributed by atoms with Crippen LogP contribution in [0.25, 0.3) is 0 Å². The van der Waals surface area contributed by atoms with Gasteiger partial charge in [-0.25, -0.2) is 0 Å². The zero-order valence-corrected chi connectivity index (χ0v) is 12.1. The molecule has 2 N–H and O–H groups in total. The average molecular weight is 263 g/mol. The van der Waals surface area contributed by atoms with Gasteiger partial charge in [-0.1, -0.05) is 6.07 Å². The number of aliphatic hydroxyl groups excluding tert-OH is 1. The van der Waals surface area contributed by atoms with E-state index in [4.69, 9.17) is 4.74 Å². The van der Waals surface area contributed by atoms with Crippen molar-refractivity contribution in [2.45, 2.75) is 57.7 Å². The van der Waals surface area contributed by atoms with Gasteiger partial charge in [0.1, 0.15) is 5.75 Å². The molecule has 0 aromatic heterocycles. The molecule has 1 aromatic carbocycles. The maximum absolute atomic E-state index is 9.42. The molecule has 1 aliphatic rings. The van der Waals surface area contributed by atoms with Gasteiger partial charge >= 0.3 is 0 Å². The quantitative estimate of drug-likeness (QED) is 0.856. The average Bonchev–Trinajstić information content (AvgIpc) is 2.36. The summed E-state index contributed by atoms with van der Waals surface area (Å²) < 4.78 is 5.30. The fraction of sp³-hybridized carbons (Fsp3) is 0.625. The van der Waals surface area contributed by atoms with Gasteiger partial charge < -0.3 is 15.2 Å². The highest BCUT2D eigenvalue weighted by molar-refractivity contribution is 5.37. The van der Waals surface area contributed by atoms with Crippen molar-refractivity contribution in [3.05, 3.63) is 29.3 Å². The van der Waals surface area contributed by atoms with E-state index in [2.05, 4.69) is 24.4 Å². The third-order valence-electron chi connectivity index (χ3n) is 3.86. The molecular formula is C16H25NO2. The summed E-state index contributed by atoms with van der Waals surface area (Å²) in [6.07, 6.45) is 3.92. The first-order chi connectivity index (χ1) is 9.08. The van der Waals surface area contributed by atoms with Gasteiger partial charge in [-0.2, -0.15) is 0 Å². The summed E-state index contributed by atoms with van der Waals surface area (Å²) >= 11 is 0. The molecule has 0 saturated heterocycles. The van der Waals surface area contributed by atoms with Crippen LogP contribution >= 0.6 is 0 Å². The van der Waals surface area contributed by atoms with Gasteiger partial charge in [-0.05, 0) is 62.8 Å².